The molecule has 1 fully saturated rings. The number of nitrogens with zero attached hydrogens (tertiary/aromatic N) is 2. The van der Waals surface area contributed by atoms with E-state index in [9.17, 15) is 9.59 Å². The third-order valence-corrected chi connectivity index (χ3v) is 4.72. The number of hydrogen-bond acceptors (Lipinski definition) is 4. The molecule has 0 bridgehead atoms. The highest BCUT2D eigenvalue weighted by Crippen LogP contribution is 2.26. The van der Waals surface area contributed by atoms with Crippen LogP contribution >= 0.6 is 0 Å². The fraction of sp³-hybridized carbons (Fsp3) is 0.350. The van der Waals surface area contributed by atoms with Gasteiger partial charge in [-0.25, -0.2) is 0 Å². The number of pyridine rings is 1. The Bertz CT molecular complexity index is 821. The van der Waals surface area contributed by atoms with E-state index in [0.717, 1.165) is 16.7 Å². The van der Waals surface area contributed by atoms with E-state index in [1.807, 2.05) is 37.3 Å². The number of likely N-dealkylation sites (tertiary alicyclic amines) is 1. The molecule has 26 heavy (non-hydrogen) atoms. The summed E-state index contributed by atoms with van der Waals surface area (Å²) < 4.78 is 5.34. The smallest absolute Gasteiger partial charge is 0.305 e. The van der Waals surface area contributed by atoms with Gasteiger partial charge in [0.2, 0.25) is 0 Å². The Morgan fingerprint density at radius 1 is 1.27 bits per heavy atom. The molecule has 6 heteroatoms. The maximum Gasteiger partial charge on any atom is 0.305 e. The van der Waals surface area contributed by atoms with Crippen LogP contribution in [0, 0.1) is 6.92 Å². The first-order valence-electron chi connectivity index (χ1n) is 8.55. The summed E-state index contributed by atoms with van der Waals surface area (Å²) in [6, 6.07) is 9.43. The van der Waals surface area contributed by atoms with E-state index in [4.69, 9.17) is 9.84 Å². The minimum absolute atomic E-state index is 0.0867. The first kappa shape index (κ1) is 18.1. The highest BCUT2D eigenvalue weighted by atomic mass is 16.5. The van der Waals surface area contributed by atoms with Crippen molar-refractivity contribution >= 4 is 11.9 Å². The van der Waals surface area contributed by atoms with Gasteiger partial charge in [0.05, 0.1) is 18.1 Å². The fourth-order valence-electron chi connectivity index (χ4n) is 3.39. The molecule has 0 radical (unpaired) electrons. The van der Waals surface area contributed by atoms with Crippen LogP contribution in [0.1, 0.15) is 28.8 Å². The van der Waals surface area contributed by atoms with E-state index < -0.39 is 5.97 Å². The second kappa shape index (κ2) is 7.66. The van der Waals surface area contributed by atoms with Crippen molar-refractivity contribution in [1.29, 1.82) is 0 Å². The van der Waals surface area contributed by atoms with Gasteiger partial charge in [-0.2, -0.15) is 0 Å². The third kappa shape index (κ3) is 3.91. The molecule has 1 N–H and O–H groups in total. The van der Waals surface area contributed by atoms with Gasteiger partial charge in [0.25, 0.3) is 5.91 Å². The molecule has 0 spiro atoms. The monoisotopic (exact) mass is 354 g/mol. The number of carboxylic acids is 1. The Balaban J connectivity index is 1.87. The number of benzene rings is 1. The van der Waals surface area contributed by atoms with Crippen molar-refractivity contribution < 1.29 is 19.4 Å². The van der Waals surface area contributed by atoms with E-state index >= 15 is 0 Å². The summed E-state index contributed by atoms with van der Waals surface area (Å²) in [7, 11) is 1.58. The summed E-state index contributed by atoms with van der Waals surface area (Å²) in [5.41, 5.74) is 3.43. The number of hydrogen-bond donors (Lipinski definition) is 1. The molecule has 0 aliphatic carbocycles. The number of carbonyl (C=O) groups is 2. The molecule has 3 rings (SSSR count). The van der Waals surface area contributed by atoms with Gasteiger partial charge in [0, 0.05) is 37.7 Å². The Labute approximate surface area is 152 Å². The number of ether oxygens (including phenoxy) is 1. The van der Waals surface area contributed by atoms with Crippen LogP contribution in [0.4, 0.5) is 0 Å². The number of aromatic nitrogens is 1. The van der Waals surface area contributed by atoms with Crippen LogP contribution in [-0.2, 0) is 9.53 Å². The summed E-state index contributed by atoms with van der Waals surface area (Å²) in [5.74, 6) is -1.13. The van der Waals surface area contributed by atoms with E-state index in [1.165, 1.54) is 6.20 Å². The second-order valence-corrected chi connectivity index (χ2v) is 6.63. The van der Waals surface area contributed by atoms with Crippen LogP contribution < -0.4 is 0 Å². The number of rotatable bonds is 5. The Hall–Kier alpha value is -2.73. The van der Waals surface area contributed by atoms with E-state index in [-0.39, 0.29) is 24.5 Å². The molecule has 6 nitrogen and oxygen atoms in total. The largest absolute Gasteiger partial charge is 0.481 e. The number of carboxylic acid groups (broad SMARTS) is 1. The van der Waals surface area contributed by atoms with Crippen LogP contribution in [0.25, 0.3) is 11.1 Å². The average Bonchev–Trinajstić information content (AvgIpc) is 3.03. The van der Waals surface area contributed by atoms with Crippen molar-refractivity contribution in [3.63, 3.8) is 0 Å². The van der Waals surface area contributed by atoms with E-state index in [1.54, 1.807) is 18.2 Å². The molecule has 1 aliphatic rings. The zero-order chi connectivity index (χ0) is 18.7. The van der Waals surface area contributed by atoms with Gasteiger partial charge in [-0.1, -0.05) is 29.8 Å². The lowest BCUT2D eigenvalue weighted by atomic mass is 10.0. The van der Waals surface area contributed by atoms with Crippen molar-refractivity contribution in [3.05, 3.63) is 53.9 Å². The Morgan fingerprint density at radius 3 is 2.77 bits per heavy atom. The molecule has 2 unspecified atom stereocenters. The molecule has 2 heterocycles. The van der Waals surface area contributed by atoms with Gasteiger partial charge >= 0.3 is 5.97 Å². The number of amides is 1. The average molecular weight is 354 g/mol. The van der Waals surface area contributed by atoms with Crippen molar-refractivity contribution in [2.75, 3.05) is 13.7 Å². The number of aliphatic carboxylic acids is 1. The third-order valence-electron chi connectivity index (χ3n) is 4.72. The molecule has 1 aromatic carbocycles. The first-order chi connectivity index (χ1) is 12.5. The standard InChI is InChI=1S/C20H22N2O4/c1-13-4-3-5-14(6-13)15-7-16(11-21-10-15)20(25)22-12-18(26-2)8-17(22)9-19(23)24/h3-7,10-11,17-18H,8-9,12H2,1-2H3,(H,23,24). The van der Waals surface area contributed by atoms with Gasteiger partial charge in [-0.05, 0) is 25.0 Å². The first-order valence-corrected chi connectivity index (χ1v) is 8.55. The quantitative estimate of drug-likeness (QED) is 0.893. The molecular formula is C20H22N2O4. The van der Waals surface area contributed by atoms with Crippen molar-refractivity contribution in [3.8, 4) is 11.1 Å². The molecule has 1 saturated heterocycles. The lowest BCUT2D eigenvalue weighted by molar-refractivity contribution is -0.137. The molecule has 1 amide bonds. The predicted octanol–water partition coefficient (Wildman–Crippen LogP) is 2.76. The van der Waals surface area contributed by atoms with Gasteiger partial charge in [-0.3, -0.25) is 14.6 Å². The topological polar surface area (TPSA) is 79.7 Å². The second-order valence-electron chi connectivity index (χ2n) is 6.63. The maximum atomic E-state index is 13.0. The normalized spacial score (nSPS) is 19.5. The highest BCUT2D eigenvalue weighted by molar-refractivity contribution is 5.95. The minimum atomic E-state index is -0.920. The van der Waals surface area contributed by atoms with Crippen molar-refractivity contribution in [2.24, 2.45) is 0 Å². The number of methoxy groups -OCH3 is 1. The number of aryl methyl sites for hydroxylation is 1. The summed E-state index contributed by atoms with van der Waals surface area (Å²) in [6.45, 7) is 2.40. The van der Waals surface area contributed by atoms with Gasteiger partial charge < -0.3 is 14.7 Å². The summed E-state index contributed by atoms with van der Waals surface area (Å²) in [5, 5.41) is 9.13. The molecule has 1 aliphatic heterocycles. The summed E-state index contributed by atoms with van der Waals surface area (Å²) in [4.78, 5) is 29.9. The van der Waals surface area contributed by atoms with Gasteiger partial charge in [-0.15, -0.1) is 0 Å². The fourth-order valence-corrected chi connectivity index (χ4v) is 3.39. The predicted molar refractivity (Wildman–Crippen MR) is 96.9 cm³/mol. The van der Waals surface area contributed by atoms with Crippen LogP contribution in [-0.4, -0.2) is 52.7 Å². The molecule has 136 valence electrons. The zero-order valence-corrected chi connectivity index (χ0v) is 14.9. The lowest BCUT2D eigenvalue weighted by Gasteiger charge is -2.23. The molecule has 2 atom stereocenters. The van der Waals surface area contributed by atoms with Crippen molar-refractivity contribution in [2.45, 2.75) is 31.9 Å². The van der Waals surface area contributed by atoms with Crippen LogP contribution in [0.2, 0.25) is 0 Å². The Morgan fingerprint density at radius 2 is 2.08 bits per heavy atom. The number of carbonyl (C=O) groups excluding carboxylic acids is 1. The van der Waals surface area contributed by atoms with E-state index in [2.05, 4.69) is 4.98 Å². The molecule has 0 saturated carbocycles. The molecule has 1 aromatic heterocycles. The molecular weight excluding hydrogens is 332 g/mol. The SMILES string of the molecule is COC1CC(CC(=O)O)N(C(=O)c2cncc(-c3cccc(C)c3)c2)C1. The Kier molecular flexibility index (Phi) is 5.32. The lowest BCUT2D eigenvalue weighted by Crippen LogP contribution is -2.37. The minimum Gasteiger partial charge on any atom is -0.481 e. The summed E-state index contributed by atoms with van der Waals surface area (Å²) >= 11 is 0. The van der Waals surface area contributed by atoms with E-state index in [0.29, 0.717) is 18.5 Å². The van der Waals surface area contributed by atoms with Crippen molar-refractivity contribution in [1.82, 2.24) is 9.88 Å². The van der Waals surface area contributed by atoms with Crippen LogP contribution in [0.15, 0.2) is 42.7 Å². The van der Waals surface area contributed by atoms with Crippen LogP contribution in [0.3, 0.4) is 0 Å². The van der Waals surface area contributed by atoms with Crippen LogP contribution in [0.5, 0.6) is 0 Å². The van der Waals surface area contributed by atoms with Gasteiger partial charge in [0.15, 0.2) is 0 Å². The molecule has 2 aromatic rings. The van der Waals surface area contributed by atoms with Gasteiger partial charge in [0.1, 0.15) is 0 Å². The zero-order valence-electron chi connectivity index (χ0n) is 14.9. The summed E-state index contributed by atoms with van der Waals surface area (Å²) in [6.07, 6.45) is 3.55. The maximum absolute atomic E-state index is 13.0. The highest BCUT2D eigenvalue weighted by Gasteiger charge is 2.37.